The minimum atomic E-state index is -0.850. The molecule has 4 aromatic rings. The van der Waals surface area contributed by atoms with Gasteiger partial charge in [-0.05, 0) is 41.0 Å². The Morgan fingerprint density at radius 2 is 1.76 bits per heavy atom. The molecule has 0 aliphatic carbocycles. The SMILES string of the molecule is CC(=O)Nc1cccc(-c2cnc3cc(-c4cccc(CC(=O)O)c4)ccn23)c1. The number of carboxylic acids is 1. The third-order valence-corrected chi connectivity index (χ3v) is 4.61. The van der Waals surface area contributed by atoms with Gasteiger partial charge in [0.2, 0.25) is 5.91 Å². The van der Waals surface area contributed by atoms with Gasteiger partial charge in [0.1, 0.15) is 5.65 Å². The molecule has 0 fully saturated rings. The predicted molar refractivity (Wildman–Crippen MR) is 112 cm³/mol. The molecule has 0 saturated carbocycles. The molecule has 6 heteroatoms. The first-order valence-electron chi connectivity index (χ1n) is 9.16. The van der Waals surface area contributed by atoms with Gasteiger partial charge in [0.25, 0.3) is 0 Å². The highest BCUT2D eigenvalue weighted by Gasteiger charge is 2.09. The van der Waals surface area contributed by atoms with Crippen molar-refractivity contribution < 1.29 is 14.7 Å². The second-order valence-electron chi connectivity index (χ2n) is 6.82. The van der Waals surface area contributed by atoms with Crippen LogP contribution >= 0.6 is 0 Å². The Hall–Kier alpha value is -3.93. The highest BCUT2D eigenvalue weighted by molar-refractivity contribution is 5.89. The number of carbonyl (C=O) groups excluding carboxylic acids is 1. The Morgan fingerprint density at radius 1 is 1.00 bits per heavy atom. The van der Waals surface area contributed by atoms with Crippen LogP contribution in [0.2, 0.25) is 0 Å². The van der Waals surface area contributed by atoms with Crippen LogP contribution in [0.15, 0.2) is 73.1 Å². The first kappa shape index (κ1) is 18.4. The molecule has 0 aliphatic rings. The molecule has 0 spiro atoms. The molecule has 2 aromatic heterocycles. The molecule has 2 heterocycles. The lowest BCUT2D eigenvalue weighted by Gasteiger charge is -2.08. The second kappa shape index (κ2) is 7.59. The van der Waals surface area contributed by atoms with Gasteiger partial charge in [-0.15, -0.1) is 0 Å². The lowest BCUT2D eigenvalue weighted by atomic mass is 10.0. The first-order valence-corrected chi connectivity index (χ1v) is 9.16. The van der Waals surface area contributed by atoms with E-state index in [1.54, 1.807) is 6.20 Å². The van der Waals surface area contributed by atoms with Crippen LogP contribution in [0.25, 0.3) is 28.0 Å². The second-order valence-corrected chi connectivity index (χ2v) is 6.82. The topological polar surface area (TPSA) is 83.7 Å². The molecule has 6 nitrogen and oxygen atoms in total. The Kier molecular flexibility index (Phi) is 4.83. The van der Waals surface area contributed by atoms with Crippen molar-refractivity contribution in [3.63, 3.8) is 0 Å². The number of nitrogens with zero attached hydrogens (tertiary/aromatic N) is 2. The van der Waals surface area contributed by atoms with Gasteiger partial charge in [-0.1, -0.05) is 36.4 Å². The maximum atomic E-state index is 11.3. The number of carbonyl (C=O) groups is 2. The summed E-state index contributed by atoms with van der Waals surface area (Å²) in [6, 6.07) is 19.1. The third kappa shape index (κ3) is 4.01. The lowest BCUT2D eigenvalue weighted by Crippen LogP contribution is -2.05. The van der Waals surface area contributed by atoms with E-state index in [2.05, 4.69) is 10.3 Å². The summed E-state index contributed by atoms with van der Waals surface area (Å²) < 4.78 is 1.98. The van der Waals surface area contributed by atoms with E-state index < -0.39 is 5.97 Å². The van der Waals surface area contributed by atoms with Crippen LogP contribution in [0.3, 0.4) is 0 Å². The number of benzene rings is 2. The van der Waals surface area contributed by atoms with Crippen molar-refractivity contribution in [3.8, 4) is 22.4 Å². The average molecular weight is 385 g/mol. The van der Waals surface area contributed by atoms with Crippen LogP contribution in [0.5, 0.6) is 0 Å². The molecule has 144 valence electrons. The monoisotopic (exact) mass is 385 g/mol. The number of imidazole rings is 1. The van der Waals surface area contributed by atoms with Crippen LogP contribution < -0.4 is 5.32 Å². The summed E-state index contributed by atoms with van der Waals surface area (Å²) in [5.74, 6) is -0.966. The average Bonchev–Trinajstić information content (AvgIpc) is 3.10. The summed E-state index contributed by atoms with van der Waals surface area (Å²) in [6.45, 7) is 1.48. The van der Waals surface area contributed by atoms with Gasteiger partial charge in [-0.25, -0.2) is 4.98 Å². The maximum Gasteiger partial charge on any atom is 0.307 e. The van der Waals surface area contributed by atoms with Gasteiger partial charge in [0, 0.05) is 24.4 Å². The van der Waals surface area contributed by atoms with Gasteiger partial charge < -0.3 is 10.4 Å². The number of hydrogen-bond donors (Lipinski definition) is 2. The zero-order valence-corrected chi connectivity index (χ0v) is 15.8. The molecule has 0 radical (unpaired) electrons. The summed E-state index contributed by atoms with van der Waals surface area (Å²) in [6.07, 6.45) is 3.74. The van der Waals surface area contributed by atoms with Crippen molar-refractivity contribution in [3.05, 3.63) is 78.6 Å². The van der Waals surface area contributed by atoms with Crippen LogP contribution in [0.4, 0.5) is 5.69 Å². The first-order chi connectivity index (χ1) is 14.0. The molecule has 4 rings (SSSR count). The Morgan fingerprint density at radius 3 is 2.55 bits per heavy atom. The fraction of sp³-hybridized carbons (Fsp3) is 0.0870. The molecule has 29 heavy (non-hydrogen) atoms. The van der Waals surface area contributed by atoms with E-state index in [0.717, 1.165) is 39.3 Å². The number of nitrogens with one attached hydrogen (secondary N) is 1. The minimum absolute atomic E-state index is 0.00571. The van der Waals surface area contributed by atoms with Crippen molar-refractivity contribution >= 4 is 23.2 Å². The molecular weight excluding hydrogens is 366 g/mol. The van der Waals surface area contributed by atoms with E-state index in [1.165, 1.54) is 6.92 Å². The molecule has 0 aliphatic heterocycles. The molecule has 0 unspecified atom stereocenters. The standard InChI is InChI=1S/C23H19N3O3/c1-15(27)25-20-7-3-6-19(12-20)21-14-24-22-13-18(8-9-26(21)22)17-5-2-4-16(10-17)11-23(28)29/h2-10,12-14H,11H2,1H3,(H,25,27)(H,28,29). The quantitative estimate of drug-likeness (QED) is 0.538. The zero-order chi connectivity index (χ0) is 20.4. The summed E-state index contributed by atoms with van der Waals surface area (Å²) in [5, 5.41) is 11.8. The summed E-state index contributed by atoms with van der Waals surface area (Å²) in [7, 11) is 0. The van der Waals surface area contributed by atoms with Crippen molar-refractivity contribution in [2.45, 2.75) is 13.3 Å². The Balaban J connectivity index is 1.70. The number of pyridine rings is 1. The largest absolute Gasteiger partial charge is 0.481 e. The van der Waals surface area contributed by atoms with Crippen molar-refractivity contribution in [2.24, 2.45) is 0 Å². The van der Waals surface area contributed by atoms with Crippen LogP contribution in [-0.4, -0.2) is 26.4 Å². The molecule has 1 amide bonds. The van der Waals surface area contributed by atoms with Crippen molar-refractivity contribution in [1.29, 1.82) is 0 Å². The molecule has 2 N–H and O–H groups in total. The number of fused-ring (bicyclic) bond motifs is 1. The number of anilines is 1. The van der Waals surface area contributed by atoms with E-state index in [1.807, 2.05) is 71.3 Å². The summed E-state index contributed by atoms with van der Waals surface area (Å²) >= 11 is 0. The number of aliphatic carboxylic acids is 1. The third-order valence-electron chi connectivity index (χ3n) is 4.61. The molecule has 0 atom stereocenters. The molecular formula is C23H19N3O3. The van der Waals surface area contributed by atoms with Crippen LogP contribution in [0, 0.1) is 0 Å². The number of carboxylic acid groups (broad SMARTS) is 1. The zero-order valence-electron chi connectivity index (χ0n) is 15.8. The van der Waals surface area contributed by atoms with E-state index in [9.17, 15) is 9.59 Å². The van der Waals surface area contributed by atoms with Crippen molar-refractivity contribution in [2.75, 3.05) is 5.32 Å². The smallest absolute Gasteiger partial charge is 0.307 e. The summed E-state index contributed by atoms with van der Waals surface area (Å²) in [4.78, 5) is 26.8. The lowest BCUT2D eigenvalue weighted by molar-refractivity contribution is -0.136. The number of aromatic nitrogens is 2. The highest BCUT2D eigenvalue weighted by atomic mass is 16.4. The van der Waals surface area contributed by atoms with Gasteiger partial charge in [-0.3, -0.25) is 14.0 Å². The summed E-state index contributed by atoms with van der Waals surface area (Å²) in [5.41, 5.74) is 6.05. The molecule has 2 aromatic carbocycles. The van der Waals surface area contributed by atoms with Gasteiger partial charge in [0.15, 0.2) is 0 Å². The number of amides is 1. The van der Waals surface area contributed by atoms with Crippen LogP contribution in [-0.2, 0) is 16.0 Å². The maximum absolute atomic E-state index is 11.3. The number of rotatable bonds is 5. The fourth-order valence-electron chi connectivity index (χ4n) is 3.37. The van der Waals surface area contributed by atoms with E-state index in [-0.39, 0.29) is 12.3 Å². The van der Waals surface area contributed by atoms with Gasteiger partial charge >= 0.3 is 5.97 Å². The Labute approximate surface area is 167 Å². The van der Waals surface area contributed by atoms with E-state index in [4.69, 9.17) is 5.11 Å². The fourth-order valence-corrected chi connectivity index (χ4v) is 3.37. The number of hydrogen-bond acceptors (Lipinski definition) is 3. The Bertz CT molecular complexity index is 1230. The minimum Gasteiger partial charge on any atom is -0.481 e. The highest BCUT2D eigenvalue weighted by Crippen LogP contribution is 2.27. The van der Waals surface area contributed by atoms with Gasteiger partial charge in [-0.2, -0.15) is 0 Å². The molecule has 0 bridgehead atoms. The van der Waals surface area contributed by atoms with Crippen LogP contribution in [0.1, 0.15) is 12.5 Å². The normalized spacial score (nSPS) is 10.8. The molecule has 0 saturated heterocycles. The van der Waals surface area contributed by atoms with E-state index >= 15 is 0 Å². The van der Waals surface area contributed by atoms with E-state index in [0.29, 0.717) is 0 Å². The van der Waals surface area contributed by atoms with Gasteiger partial charge in [0.05, 0.1) is 18.3 Å². The predicted octanol–water partition coefficient (Wildman–Crippen LogP) is 4.25. The van der Waals surface area contributed by atoms with Crippen molar-refractivity contribution in [1.82, 2.24) is 9.38 Å².